The van der Waals surface area contributed by atoms with Crippen molar-refractivity contribution in [2.75, 3.05) is 12.4 Å². The van der Waals surface area contributed by atoms with Gasteiger partial charge in [-0.3, -0.25) is 33.6 Å². The van der Waals surface area contributed by atoms with Gasteiger partial charge in [-0.05, 0) is 288 Å². The number of esters is 7. The highest BCUT2D eigenvalue weighted by molar-refractivity contribution is 7.97. The molecule has 3 saturated heterocycles. The van der Waals surface area contributed by atoms with Crippen LogP contribution >= 0.6 is 0 Å². The third-order valence-electron chi connectivity index (χ3n) is 25.5. The van der Waals surface area contributed by atoms with E-state index in [9.17, 15) is 50.9 Å². The molecule has 638 valence electrons. The van der Waals surface area contributed by atoms with Crippen LogP contribution in [0.5, 0.6) is 11.5 Å². The van der Waals surface area contributed by atoms with Crippen LogP contribution in [0.1, 0.15) is 258 Å². The second-order valence-electron chi connectivity index (χ2n) is 36.7. The predicted molar refractivity (Wildman–Crippen MR) is 443 cm³/mol. The number of aromatic hydroxyl groups is 1. The monoisotopic (exact) mass is 1640 g/mol. The zero-order chi connectivity index (χ0) is 85.5. The van der Waals surface area contributed by atoms with Gasteiger partial charge in [0.15, 0.2) is 26.9 Å². The maximum absolute atomic E-state index is 12.9. The summed E-state index contributed by atoms with van der Waals surface area (Å²) in [5.74, 6) is -0.897. The van der Waals surface area contributed by atoms with E-state index in [1.165, 1.54) is 83.9 Å². The minimum absolute atomic E-state index is 0.0146. The molecule has 6 bridgehead atoms. The van der Waals surface area contributed by atoms with Gasteiger partial charge in [0.1, 0.15) is 46.8 Å². The first-order valence-corrected chi connectivity index (χ1v) is 44.8. The largest absolute Gasteiger partial charge is 0.748 e. The highest BCUT2D eigenvalue weighted by Crippen LogP contribution is 2.64. The number of hydrogen-bond acceptors (Lipinski definition) is 19. The summed E-state index contributed by atoms with van der Waals surface area (Å²) in [6.45, 7) is 31.9. The van der Waals surface area contributed by atoms with Crippen LogP contribution in [0.15, 0.2) is 154 Å². The van der Waals surface area contributed by atoms with E-state index < -0.39 is 78.9 Å². The number of carbonyl (C=O) groups is 7. The molecule has 7 atom stereocenters. The molecular weight excluding hydrogens is 1520 g/mol. The molecule has 0 amide bonds. The molecule has 3 aliphatic heterocycles. The molecule has 9 fully saturated rings. The molecule has 22 heteroatoms. The van der Waals surface area contributed by atoms with Crippen LogP contribution < -0.4 is 4.74 Å². The van der Waals surface area contributed by atoms with E-state index in [0.29, 0.717) is 68.4 Å². The van der Waals surface area contributed by atoms with Crippen molar-refractivity contribution in [2.24, 2.45) is 56.2 Å². The lowest BCUT2D eigenvalue weighted by Gasteiger charge is -2.60. The second kappa shape index (κ2) is 39.5. The van der Waals surface area contributed by atoms with E-state index >= 15 is 0 Å². The molecule has 5 aromatic carbocycles. The van der Waals surface area contributed by atoms with Crippen molar-refractivity contribution in [3.63, 3.8) is 0 Å². The van der Waals surface area contributed by atoms with E-state index in [0.717, 1.165) is 50.5 Å². The molecule has 7 unspecified atom stereocenters. The molecular formula is C94H129FO19S2. The number of fused-ring (bicyclic) bond motifs is 1. The Balaban J connectivity index is 0.000000176. The zero-order valence-electron chi connectivity index (χ0n) is 71.7. The lowest BCUT2D eigenvalue weighted by molar-refractivity contribution is -0.217. The normalized spacial score (nSPS) is 23.6. The topological polar surface area (TPSA) is 271 Å². The molecule has 6 saturated carbocycles. The Labute approximate surface area is 692 Å². The third kappa shape index (κ3) is 24.3. The summed E-state index contributed by atoms with van der Waals surface area (Å²) in [5, 5.41) is 9.06. The Morgan fingerprint density at radius 3 is 1.48 bits per heavy atom. The molecule has 0 radical (unpaired) electrons. The summed E-state index contributed by atoms with van der Waals surface area (Å²) in [7, 11) is -4.43. The van der Waals surface area contributed by atoms with Crippen LogP contribution in [0.3, 0.4) is 0 Å². The predicted octanol–water partition coefficient (Wildman–Crippen LogP) is 19.9. The first-order chi connectivity index (χ1) is 54.4. The van der Waals surface area contributed by atoms with Gasteiger partial charge >= 0.3 is 41.8 Å². The minimum atomic E-state index is -4.42. The van der Waals surface area contributed by atoms with Gasteiger partial charge < -0.3 is 47.6 Å². The van der Waals surface area contributed by atoms with Gasteiger partial charge in [-0.15, -0.1) is 0 Å². The number of hydrogen-bond donors (Lipinski definition) is 1. The average Bonchev–Trinajstić information content (AvgIpc) is 0.848. The summed E-state index contributed by atoms with van der Waals surface area (Å²) < 4.78 is 89.7. The molecule has 116 heavy (non-hydrogen) atoms. The van der Waals surface area contributed by atoms with Gasteiger partial charge in [0.05, 0.1) is 71.3 Å². The van der Waals surface area contributed by atoms with Gasteiger partial charge in [0.2, 0.25) is 0 Å². The van der Waals surface area contributed by atoms with Crippen molar-refractivity contribution < 1.29 is 93.9 Å². The standard InChI is InChI=1S/C19H30O7S.C18H15S.C17H30O2.C15H21FO2.C13H18O5.C12H16O3/c1-4-17(2,3)15(20)26-19-10-13-7-14(11-19)9-18(8-13,12-19)16(21)25-5-6-27(22,23)24;1-4-10-16(11-5-1)19(17-12-6-2-7-13-17)18-14-8-3-9-15-18;1-4-16(2,3)15(18)19-17(12-8-9-13-17)14-10-6-5-7-11-14;1-6-14(2,3)13(17)18-15(4,5)11-7-9-12(16)10-8-11;1-4-13(2,3)12(15)18-9-7-5-6-8(16-7)10(9)17-11(6)14;1-4-12(2,3)11(14)15-10-7-5-9(13)6-8-10/h13-14H,4-12H2,1-3H3,(H,22,23,24);1-15H;14H,4-13H2,1-3H3;7-10H,6H2,1-5H3;6-10H,4-5H2,1-3H3;5-8,13H,4H2,1-3H3/q;+1;;;;/p-1. The Morgan fingerprint density at radius 2 is 1.01 bits per heavy atom. The lowest BCUT2D eigenvalue weighted by Crippen LogP contribution is -2.60. The minimum Gasteiger partial charge on any atom is -0.748 e. The maximum atomic E-state index is 12.9. The third-order valence-corrected chi connectivity index (χ3v) is 28.4. The smallest absolute Gasteiger partial charge is 0.316 e. The molecule has 0 spiro atoms. The molecule has 9 aliphatic rings. The summed E-state index contributed by atoms with van der Waals surface area (Å²) >= 11 is 0. The number of rotatable bonds is 24. The number of benzene rings is 5. The van der Waals surface area contributed by atoms with Gasteiger partial charge in [0.25, 0.3) is 0 Å². The van der Waals surface area contributed by atoms with Crippen LogP contribution in [0, 0.1) is 62.0 Å². The Hall–Kier alpha value is -7.66. The van der Waals surface area contributed by atoms with Crippen molar-refractivity contribution in [3.8, 4) is 11.5 Å². The first-order valence-electron chi connectivity index (χ1n) is 42.0. The Morgan fingerprint density at radius 1 is 0.552 bits per heavy atom. The van der Waals surface area contributed by atoms with Gasteiger partial charge in [0, 0.05) is 6.42 Å². The molecule has 0 aromatic heterocycles. The van der Waals surface area contributed by atoms with E-state index in [1.54, 1.807) is 24.3 Å². The first kappa shape index (κ1) is 93.8. The lowest BCUT2D eigenvalue weighted by atomic mass is 9.48. The summed E-state index contributed by atoms with van der Waals surface area (Å²) in [4.78, 5) is 89.4. The fraction of sp³-hybridized carbons (Fsp3) is 0.606. The van der Waals surface area contributed by atoms with Crippen LogP contribution in [-0.2, 0) is 93.3 Å². The quantitative estimate of drug-likeness (QED) is 0.0198. The van der Waals surface area contributed by atoms with E-state index in [-0.39, 0.29) is 87.4 Å². The average molecular weight is 1650 g/mol. The molecule has 3 heterocycles. The van der Waals surface area contributed by atoms with Crippen molar-refractivity contribution in [1.29, 1.82) is 0 Å². The maximum Gasteiger partial charge on any atom is 0.316 e. The highest BCUT2D eigenvalue weighted by Gasteiger charge is 2.66. The molecule has 6 aliphatic carbocycles. The second-order valence-corrected chi connectivity index (χ2v) is 40.2. The van der Waals surface area contributed by atoms with Crippen molar-refractivity contribution in [3.05, 3.63) is 151 Å². The summed E-state index contributed by atoms with van der Waals surface area (Å²) in [5.41, 5.74) is -3.82. The molecule has 19 nitrogen and oxygen atoms in total. The van der Waals surface area contributed by atoms with Crippen molar-refractivity contribution in [1.82, 2.24) is 0 Å². The van der Waals surface area contributed by atoms with Gasteiger partial charge in [-0.25, -0.2) is 12.8 Å². The summed E-state index contributed by atoms with van der Waals surface area (Å²) in [6.07, 6.45) is 18.7. The van der Waals surface area contributed by atoms with Crippen molar-refractivity contribution in [2.45, 2.75) is 308 Å². The fourth-order valence-corrected chi connectivity index (χ4v) is 18.7. The van der Waals surface area contributed by atoms with Crippen LogP contribution in [-0.4, -0.2) is 108 Å². The molecule has 5 aromatic rings. The van der Waals surface area contributed by atoms with E-state index in [4.69, 9.17) is 43.0 Å². The fourth-order valence-electron chi connectivity index (χ4n) is 16.3. The summed E-state index contributed by atoms with van der Waals surface area (Å²) in [6, 6.07) is 44.3. The number of carbonyl (C=O) groups excluding carboxylic acids is 7. The van der Waals surface area contributed by atoms with Crippen LogP contribution in [0.2, 0.25) is 0 Å². The molecule has 1 N–H and O–H groups in total. The van der Waals surface area contributed by atoms with Gasteiger partial charge in [-0.1, -0.05) is 121 Å². The van der Waals surface area contributed by atoms with Gasteiger partial charge in [-0.2, -0.15) is 0 Å². The van der Waals surface area contributed by atoms with Crippen molar-refractivity contribution >= 4 is 62.8 Å². The molecule has 14 rings (SSSR count). The SMILES string of the molecule is CCC(C)(C)C(=O)OC(C)(C)c1ccc(F)cc1.CCC(C)(C)C(=O)OC1(C2CCCCC2)CCCC1.CCC(C)(C)C(=O)OC12CC3CC(C1)CC(C(=O)OCCS(=O)(=O)[O-])(C3)C2.CCC(C)(C)C(=O)OC1C2CC3C(=O)OC1C3O2.CCC(C)(C)C(=O)Oc1ccc(O)cc1.c1ccc([S+](c2ccccc2)c2ccccc2)cc1. The Bertz CT molecular complexity index is 4080. The number of halogens is 1. The number of phenolic OH excluding ortho intramolecular Hbond substituents is 1. The van der Waals surface area contributed by atoms with E-state index in [1.807, 2.05) is 111 Å². The number of phenols is 1. The Kier molecular flexibility index (Phi) is 31.9. The number of ether oxygens (including phenoxy) is 8. The van der Waals surface area contributed by atoms with Crippen LogP contribution in [0.25, 0.3) is 0 Å². The highest BCUT2D eigenvalue weighted by atomic mass is 32.2. The van der Waals surface area contributed by atoms with E-state index in [2.05, 4.69) is 97.9 Å². The van der Waals surface area contributed by atoms with Crippen LogP contribution in [0.4, 0.5) is 4.39 Å². The zero-order valence-corrected chi connectivity index (χ0v) is 73.3.